The number of allylic oxidation sites excluding steroid dienone is 1. The zero-order chi connectivity index (χ0) is 19.0. The third-order valence-electron chi connectivity index (χ3n) is 4.03. The van der Waals surface area contributed by atoms with Crippen LogP contribution in [-0.4, -0.2) is 20.7 Å². The molecule has 3 aromatic rings. The summed E-state index contributed by atoms with van der Waals surface area (Å²) in [5.41, 5.74) is 1.20. The van der Waals surface area contributed by atoms with E-state index in [4.69, 9.17) is 11.6 Å². The van der Waals surface area contributed by atoms with E-state index in [1.165, 1.54) is 17.1 Å². The number of benzene rings is 2. The van der Waals surface area contributed by atoms with Gasteiger partial charge in [-0.25, -0.2) is 9.07 Å². The Morgan fingerprint density at radius 3 is 2.81 bits per heavy atom. The maximum Gasteiger partial charge on any atom is 0.271 e. The van der Waals surface area contributed by atoms with Gasteiger partial charge in [0.25, 0.3) is 5.91 Å². The molecule has 0 bridgehead atoms. The molecular formula is C18H12BrClFN5O. The summed E-state index contributed by atoms with van der Waals surface area (Å²) < 4.78 is 16.7. The van der Waals surface area contributed by atoms with Crippen molar-refractivity contribution < 1.29 is 9.18 Å². The Bertz CT molecular complexity index is 1050. The maximum absolute atomic E-state index is 14.4. The van der Waals surface area contributed by atoms with Gasteiger partial charge in [-0.3, -0.25) is 4.79 Å². The molecule has 0 radical (unpaired) electrons. The lowest BCUT2D eigenvalue weighted by atomic mass is 10.0. The van der Waals surface area contributed by atoms with Gasteiger partial charge < -0.3 is 10.6 Å². The fourth-order valence-corrected chi connectivity index (χ4v) is 3.27. The molecule has 1 unspecified atom stereocenters. The summed E-state index contributed by atoms with van der Waals surface area (Å²) in [6, 6.07) is 10.7. The van der Waals surface area contributed by atoms with Crippen LogP contribution in [0.4, 0.5) is 16.0 Å². The number of hydrogen-bond donors (Lipinski definition) is 2. The lowest BCUT2D eigenvalue weighted by Crippen LogP contribution is -2.28. The van der Waals surface area contributed by atoms with Crippen LogP contribution in [0.1, 0.15) is 11.6 Å². The second-order valence-electron chi connectivity index (χ2n) is 5.81. The summed E-state index contributed by atoms with van der Waals surface area (Å²) in [6.07, 6.45) is 2.96. The number of halogens is 3. The van der Waals surface area contributed by atoms with Gasteiger partial charge in [0.05, 0.1) is 0 Å². The minimum Gasteiger partial charge on any atom is -0.321 e. The van der Waals surface area contributed by atoms with E-state index in [1.54, 1.807) is 42.5 Å². The third kappa shape index (κ3) is 3.58. The van der Waals surface area contributed by atoms with Crippen LogP contribution >= 0.6 is 27.5 Å². The van der Waals surface area contributed by atoms with Crippen LogP contribution in [0.3, 0.4) is 0 Å². The Labute approximate surface area is 167 Å². The molecule has 9 heteroatoms. The lowest BCUT2D eigenvalue weighted by molar-refractivity contribution is -0.112. The van der Waals surface area contributed by atoms with Gasteiger partial charge in [-0.15, -0.1) is 0 Å². The van der Waals surface area contributed by atoms with E-state index in [2.05, 4.69) is 36.6 Å². The topological polar surface area (TPSA) is 71.8 Å². The van der Waals surface area contributed by atoms with Gasteiger partial charge >= 0.3 is 0 Å². The van der Waals surface area contributed by atoms with Gasteiger partial charge in [-0.2, -0.15) is 10.1 Å². The summed E-state index contributed by atoms with van der Waals surface area (Å²) >= 11 is 9.21. The summed E-state index contributed by atoms with van der Waals surface area (Å²) in [7, 11) is 0. The minimum absolute atomic E-state index is 0.245. The van der Waals surface area contributed by atoms with Gasteiger partial charge in [0, 0.05) is 20.7 Å². The molecular weight excluding hydrogens is 437 g/mol. The van der Waals surface area contributed by atoms with E-state index in [1.807, 2.05) is 0 Å². The van der Waals surface area contributed by atoms with Crippen molar-refractivity contribution in [3.05, 3.63) is 81.4 Å². The van der Waals surface area contributed by atoms with Crippen molar-refractivity contribution in [1.29, 1.82) is 0 Å². The fourth-order valence-electron chi connectivity index (χ4n) is 2.76. The van der Waals surface area contributed by atoms with E-state index < -0.39 is 11.9 Å². The van der Waals surface area contributed by atoms with Crippen molar-refractivity contribution in [3.63, 3.8) is 0 Å². The molecule has 0 aliphatic carbocycles. The number of nitrogens with zero attached hydrogens (tertiary/aromatic N) is 3. The second-order valence-corrected chi connectivity index (χ2v) is 7.16. The van der Waals surface area contributed by atoms with Crippen molar-refractivity contribution in [1.82, 2.24) is 14.8 Å². The first-order valence-electron chi connectivity index (χ1n) is 7.91. The summed E-state index contributed by atoms with van der Waals surface area (Å²) in [5, 5.41) is 10.4. The molecule has 1 amide bonds. The van der Waals surface area contributed by atoms with Crippen molar-refractivity contribution >= 4 is 45.1 Å². The molecule has 1 aromatic heterocycles. The highest BCUT2D eigenvalue weighted by Crippen LogP contribution is 2.31. The SMILES string of the molecule is O=C(Nc1ccc(Cl)cc1)C1=CC(c2cc(Br)ccc2F)n2ncnc2N1. The first kappa shape index (κ1) is 17.7. The lowest BCUT2D eigenvalue weighted by Gasteiger charge is -2.24. The van der Waals surface area contributed by atoms with E-state index in [9.17, 15) is 9.18 Å². The predicted molar refractivity (Wildman–Crippen MR) is 104 cm³/mol. The van der Waals surface area contributed by atoms with E-state index in [-0.39, 0.29) is 11.6 Å². The number of hydrogen-bond acceptors (Lipinski definition) is 4. The Morgan fingerprint density at radius 2 is 2.04 bits per heavy atom. The van der Waals surface area contributed by atoms with Gasteiger partial charge in [-0.1, -0.05) is 27.5 Å². The number of anilines is 2. The van der Waals surface area contributed by atoms with Gasteiger partial charge in [0.1, 0.15) is 23.9 Å². The quantitative estimate of drug-likeness (QED) is 0.624. The van der Waals surface area contributed by atoms with E-state index in [0.29, 0.717) is 22.2 Å². The Morgan fingerprint density at radius 1 is 1.26 bits per heavy atom. The Kier molecular flexibility index (Phi) is 4.67. The molecule has 0 spiro atoms. The van der Waals surface area contributed by atoms with Gasteiger partial charge in [0.2, 0.25) is 5.95 Å². The van der Waals surface area contributed by atoms with E-state index in [0.717, 1.165) is 4.47 Å². The van der Waals surface area contributed by atoms with Crippen LogP contribution in [0.25, 0.3) is 0 Å². The van der Waals surface area contributed by atoms with Crippen LogP contribution < -0.4 is 10.6 Å². The van der Waals surface area contributed by atoms with Crippen molar-refractivity contribution in [2.24, 2.45) is 0 Å². The highest BCUT2D eigenvalue weighted by Gasteiger charge is 2.27. The number of nitrogens with one attached hydrogen (secondary N) is 2. The highest BCUT2D eigenvalue weighted by atomic mass is 79.9. The molecule has 2 N–H and O–H groups in total. The summed E-state index contributed by atoms with van der Waals surface area (Å²) in [4.78, 5) is 16.8. The van der Waals surface area contributed by atoms with Gasteiger partial charge in [0.15, 0.2) is 0 Å². The number of rotatable bonds is 3. The molecule has 1 aliphatic rings. The fraction of sp³-hybridized carbons (Fsp3) is 0.0556. The predicted octanol–water partition coefficient (Wildman–Crippen LogP) is 4.37. The third-order valence-corrected chi connectivity index (χ3v) is 4.78. The molecule has 2 aromatic carbocycles. The molecule has 136 valence electrons. The second kappa shape index (κ2) is 7.13. The van der Waals surface area contributed by atoms with Gasteiger partial charge in [-0.05, 0) is 48.5 Å². The normalized spacial score (nSPS) is 15.5. The number of aromatic nitrogens is 3. The molecule has 0 saturated carbocycles. The maximum atomic E-state index is 14.4. The van der Waals surface area contributed by atoms with Crippen LogP contribution in [0.15, 0.2) is 65.0 Å². The molecule has 6 nitrogen and oxygen atoms in total. The molecule has 0 fully saturated rings. The average molecular weight is 449 g/mol. The minimum atomic E-state index is -0.618. The van der Waals surface area contributed by atoms with Crippen LogP contribution in [0.5, 0.6) is 0 Å². The van der Waals surface area contributed by atoms with Crippen molar-refractivity contribution in [3.8, 4) is 0 Å². The number of carbonyl (C=O) groups is 1. The molecule has 2 heterocycles. The van der Waals surface area contributed by atoms with Crippen molar-refractivity contribution in [2.75, 3.05) is 10.6 Å². The number of carbonyl (C=O) groups excluding carboxylic acids is 1. The Balaban J connectivity index is 1.69. The molecule has 0 saturated heterocycles. The average Bonchev–Trinajstić information content (AvgIpc) is 3.13. The van der Waals surface area contributed by atoms with Crippen LogP contribution in [0.2, 0.25) is 5.02 Å². The molecule has 27 heavy (non-hydrogen) atoms. The largest absolute Gasteiger partial charge is 0.321 e. The summed E-state index contributed by atoms with van der Waals surface area (Å²) in [6.45, 7) is 0. The molecule has 1 atom stereocenters. The van der Waals surface area contributed by atoms with Crippen LogP contribution in [-0.2, 0) is 4.79 Å². The first-order chi connectivity index (χ1) is 13.0. The van der Waals surface area contributed by atoms with E-state index >= 15 is 0 Å². The van der Waals surface area contributed by atoms with Crippen LogP contribution in [0, 0.1) is 5.82 Å². The first-order valence-corrected chi connectivity index (χ1v) is 9.08. The number of amides is 1. The smallest absolute Gasteiger partial charge is 0.271 e. The zero-order valence-electron chi connectivity index (χ0n) is 13.7. The van der Waals surface area contributed by atoms with Crippen molar-refractivity contribution in [2.45, 2.75) is 6.04 Å². The standard InChI is InChI=1S/C18H12BrClFN5O/c19-10-1-6-14(21)13(7-10)16-8-15(25-18-22-9-23-26(16)18)17(27)24-12-4-2-11(20)3-5-12/h1-9,16H,(H,24,27)(H,22,23,25). The molecule has 1 aliphatic heterocycles. The highest BCUT2D eigenvalue weighted by molar-refractivity contribution is 9.10. The Hall–Kier alpha value is -2.71. The molecule has 4 rings (SSSR count). The summed E-state index contributed by atoms with van der Waals surface area (Å²) in [5.74, 6) is -0.435. The monoisotopic (exact) mass is 447 g/mol. The zero-order valence-corrected chi connectivity index (χ0v) is 16.0. The number of fused-ring (bicyclic) bond motifs is 1.